The van der Waals surface area contributed by atoms with Gasteiger partial charge in [0.25, 0.3) is 0 Å². The van der Waals surface area contributed by atoms with Gasteiger partial charge >= 0.3 is 0 Å². The van der Waals surface area contributed by atoms with Crippen molar-refractivity contribution in [3.05, 3.63) is 29.0 Å². The van der Waals surface area contributed by atoms with Gasteiger partial charge in [0.1, 0.15) is 5.82 Å². The molecular formula is C16H22ClN3. The fraction of sp³-hybridized carbons (Fsp3) is 0.562. The predicted octanol–water partition coefficient (Wildman–Crippen LogP) is 3.87. The van der Waals surface area contributed by atoms with Crippen LogP contribution >= 0.6 is 11.6 Å². The largest absolute Gasteiger partial charge is 0.329 e. The quantitative estimate of drug-likeness (QED) is 0.929. The molecule has 2 aromatic rings. The van der Waals surface area contributed by atoms with Crippen LogP contribution in [0.15, 0.2) is 18.2 Å². The lowest BCUT2D eigenvalue weighted by molar-refractivity contribution is 0.404. The smallest absolute Gasteiger partial charge is 0.117 e. The van der Waals surface area contributed by atoms with Gasteiger partial charge < -0.3 is 10.3 Å². The second-order valence-corrected chi connectivity index (χ2v) is 6.29. The fourth-order valence-electron chi connectivity index (χ4n) is 3.56. The van der Waals surface area contributed by atoms with Gasteiger partial charge in [0, 0.05) is 18.5 Å². The number of halogens is 1. The lowest BCUT2D eigenvalue weighted by Gasteiger charge is -2.27. The minimum absolute atomic E-state index is 0.0531. The van der Waals surface area contributed by atoms with Gasteiger partial charge in [-0.2, -0.15) is 0 Å². The molecule has 0 aliphatic heterocycles. The number of nitrogens with zero attached hydrogens (tertiary/aromatic N) is 2. The second-order valence-electron chi connectivity index (χ2n) is 5.89. The minimum Gasteiger partial charge on any atom is -0.329 e. The highest BCUT2D eigenvalue weighted by Crippen LogP contribution is 2.41. The molecule has 0 radical (unpaired) electrons. The van der Waals surface area contributed by atoms with E-state index in [2.05, 4.69) is 17.6 Å². The molecule has 2 N–H and O–H groups in total. The monoisotopic (exact) mass is 291 g/mol. The Labute approximate surface area is 125 Å². The number of para-hydroxylation sites is 1. The number of hydrogen-bond donors (Lipinski definition) is 1. The summed E-state index contributed by atoms with van der Waals surface area (Å²) in [5, 5.41) is 0.792. The van der Waals surface area contributed by atoms with Crippen LogP contribution in [-0.2, 0) is 12.0 Å². The lowest BCUT2D eigenvalue weighted by atomic mass is 9.85. The molecule has 20 heavy (non-hydrogen) atoms. The standard InChI is InChI=1S/C16H22ClN3/c1-2-10-20-14-12(17)6-5-7-13(14)19-15(20)16(11-18)8-3-4-9-16/h5-7H,2-4,8-11,18H2,1H3. The summed E-state index contributed by atoms with van der Waals surface area (Å²) in [6, 6.07) is 5.98. The van der Waals surface area contributed by atoms with E-state index in [0.29, 0.717) is 6.54 Å². The first-order valence-corrected chi connectivity index (χ1v) is 7.95. The number of aromatic nitrogens is 2. The van der Waals surface area contributed by atoms with Gasteiger partial charge in [-0.05, 0) is 31.4 Å². The van der Waals surface area contributed by atoms with Crippen LogP contribution < -0.4 is 5.73 Å². The van der Waals surface area contributed by atoms with E-state index in [0.717, 1.165) is 47.7 Å². The summed E-state index contributed by atoms with van der Waals surface area (Å²) in [7, 11) is 0. The first-order valence-electron chi connectivity index (χ1n) is 7.57. The Hall–Kier alpha value is -1.06. The van der Waals surface area contributed by atoms with Gasteiger partial charge in [-0.1, -0.05) is 37.4 Å². The van der Waals surface area contributed by atoms with E-state index in [-0.39, 0.29) is 5.41 Å². The lowest BCUT2D eigenvalue weighted by Crippen LogP contribution is -2.35. The molecule has 1 saturated carbocycles. The molecule has 0 spiro atoms. The molecule has 0 saturated heterocycles. The Morgan fingerprint density at radius 1 is 1.35 bits per heavy atom. The molecule has 1 aromatic carbocycles. The first kappa shape index (κ1) is 13.9. The molecule has 1 aliphatic carbocycles. The highest BCUT2D eigenvalue weighted by atomic mass is 35.5. The van der Waals surface area contributed by atoms with Gasteiger partial charge in [0.05, 0.1) is 16.1 Å². The maximum Gasteiger partial charge on any atom is 0.117 e. The van der Waals surface area contributed by atoms with Crippen LogP contribution in [0.2, 0.25) is 5.02 Å². The van der Waals surface area contributed by atoms with Crippen molar-refractivity contribution in [2.45, 2.75) is 51.0 Å². The van der Waals surface area contributed by atoms with E-state index < -0.39 is 0 Å². The highest BCUT2D eigenvalue weighted by Gasteiger charge is 2.38. The molecule has 0 unspecified atom stereocenters. The van der Waals surface area contributed by atoms with E-state index in [1.165, 1.54) is 12.8 Å². The van der Waals surface area contributed by atoms with E-state index in [9.17, 15) is 0 Å². The van der Waals surface area contributed by atoms with E-state index in [4.69, 9.17) is 22.3 Å². The molecule has 0 amide bonds. The third-order valence-corrected chi connectivity index (χ3v) is 4.90. The number of nitrogens with two attached hydrogens (primary N) is 1. The summed E-state index contributed by atoms with van der Waals surface area (Å²) in [6.45, 7) is 3.82. The summed E-state index contributed by atoms with van der Waals surface area (Å²) < 4.78 is 2.32. The van der Waals surface area contributed by atoms with Crippen molar-refractivity contribution in [1.82, 2.24) is 9.55 Å². The summed E-state index contributed by atoms with van der Waals surface area (Å²) >= 11 is 6.41. The van der Waals surface area contributed by atoms with Gasteiger partial charge in [0.15, 0.2) is 0 Å². The van der Waals surface area contributed by atoms with E-state index >= 15 is 0 Å². The maximum atomic E-state index is 6.41. The minimum atomic E-state index is 0.0531. The zero-order valence-corrected chi connectivity index (χ0v) is 12.8. The third kappa shape index (κ3) is 2.04. The number of aryl methyl sites for hydroxylation is 1. The highest BCUT2D eigenvalue weighted by molar-refractivity contribution is 6.35. The van der Waals surface area contributed by atoms with Crippen molar-refractivity contribution >= 4 is 22.6 Å². The van der Waals surface area contributed by atoms with Gasteiger partial charge in [-0.25, -0.2) is 4.98 Å². The van der Waals surface area contributed by atoms with Crippen molar-refractivity contribution in [2.24, 2.45) is 5.73 Å². The Morgan fingerprint density at radius 3 is 2.75 bits per heavy atom. The first-order chi connectivity index (χ1) is 9.72. The maximum absolute atomic E-state index is 6.41. The Morgan fingerprint density at radius 2 is 2.10 bits per heavy atom. The van der Waals surface area contributed by atoms with Gasteiger partial charge in [0.2, 0.25) is 0 Å². The molecule has 1 heterocycles. The Kier molecular flexibility index (Phi) is 3.74. The summed E-state index contributed by atoms with van der Waals surface area (Å²) in [6.07, 6.45) is 5.87. The normalized spacial score (nSPS) is 17.9. The average molecular weight is 292 g/mol. The third-order valence-electron chi connectivity index (χ3n) is 4.59. The molecule has 108 valence electrons. The van der Waals surface area contributed by atoms with E-state index in [1.54, 1.807) is 0 Å². The van der Waals surface area contributed by atoms with Crippen molar-refractivity contribution in [1.29, 1.82) is 0 Å². The molecule has 3 nitrogen and oxygen atoms in total. The topological polar surface area (TPSA) is 43.8 Å². The molecule has 4 heteroatoms. The van der Waals surface area contributed by atoms with Crippen LogP contribution in [0.3, 0.4) is 0 Å². The molecule has 0 bridgehead atoms. The van der Waals surface area contributed by atoms with Crippen molar-refractivity contribution in [3.63, 3.8) is 0 Å². The molecule has 3 rings (SSSR count). The average Bonchev–Trinajstić information content (AvgIpc) is 3.05. The molecule has 1 aliphatic rings. The summed E-state index contributed by atoms with van der Waals surface area (Å²) in [5.74, 6) is 1.16. The SMILES string of the molecule is CCCn1c(C2(CN)CCCC2)nc2cccc(Cl)c21. The van der Waals surface area contributed by atoms with Crippen molar-refractivity contribution in [2.75, 3.05) is 6.54 Å². The number of fused-ring (bicyclic) bond motifs is 1. The van der Waals surface area contributed by atoms with Crippen LogP contribution in [0, 0.1) is 0 Å². The van der Waals surface area contributed by atoms with Crippen molar-refractivity contribution < 1.29 is 0 Å². The molecule has 1 aromatic heterocycles. The van der Waals surface area contributed by atoms with Gasteiger partial charge in [-0.15, -0.1) is 0 Å². The van der Waals surface area contributed by atoms with E-state index in [1.807, 2.05) is 12.1 Å². The number of hydrogen-bond acceptors (Lipinski definition) is 2. The summed E-state index contributed by atoms with van der Waals surface area (Å²) in [5.41, 5.74) is 8.27. The number of benzene rings is 1. The Bertz CT molecular complexity index is 611. The Balaban J connectivity index is 2.24. The zero-order valence-electron chi connectivity index (χ0n) is 12.0. The second kappa shape index (κ2) is 5.38. The summed E-state index contributed by atoms with van der Waals surface area (Å²) in [4.78, 5) is 4.92. The molecule has 1 fully saturated rings. The molecule has 0 atom stereocenters. The van der Waals surface area contributed by atoms with Crippen LogP contribution in [0.1, 0.15) is 44.9 Å². The molecular weight excluding hydrogens is 270 g/mol. The predicted molar refractivity (Wildman–Crippen MR) is 84.2 cm³/mol. The zero-order chi connectivity index (χ0) is 14.2. The van der Waals surface area contributed by atoms with Gasteiger partial charge in [-0.3, -0.25) is 0 Å². The van der Waals surface area contributed by atoms with Crippen molar-refractivity contribution in [3.8, 4) is 0 Å². The number of imidazole rings is 1. The number of rotatable bonds is 4. The van der Waals surface area contributed by atoms with Crippen LogP contribution in [0.5, 0.6) is 0 Å². The van der Waals surface area contributed by atoms with Crippen LogP contribution in [0.4, 0.5) is 0 Å². The van der Waals surface area contributed by atoms with Crippen LogP contribution in [-0.4, -0.2) is 16.1 Å². The fourth-order valence-corrected chi connectivity index (χ4v) is 3.83. The van der Waals surface area contributed by atoms with Crippen LogP contribution in [0.25, 0.3) is 11.0 Å².